The van der Waals surface area contributed by atoms with E-state index in [0.717, 1.165) is 31.5 Å². The zero-order chi connectivity index (χ0) is 20.1. The molecule has 0 amide bonds. The fourth-order valence-electron chi connectivity index (χ4n) is 3.39. The van der Waals surface area contributed by atoms with Crippen LogP contribution in [0.3, 0.4) is 0 Å². The van der Waals surface area contributed by atoms with Crippen molar-refractivity contribution in [2.75, 3.05) is 25.5 Å². The number of nitriles is 1. The Morgan fingerprint density at radius 3 is 2.54 bits per heavy atom. The molecule has 0 aliphatic carbocycles. The topological polar surface area (TPSA) is 88.4 Å². The lowest BCUT2D eigenvalue weighted by molar-refractivity contribution is -0.307. The maximum absolute atomic E-state index is 11.8. The van der Waals surface area contributed by atoms with Crippen molar-refractivity contribution in [3.63, 3.8) is 0 Å². The molecule has 3 rings (SSSR count). The SMILES string of the molecule is Cc1cc(OC2CCN(C)CC2)cc(C(Nc2ccc(C#N)cc2)C(=O)[O-])c1. The number of aryl methyl sites for hydroxylation is 1. The molecule has 6 heteroatoms. The van der Waals surface area contributed by atoms with Crippen molar-refractivity contribution in [3.8, 4) is 11.8 Å². The highest BCUT2D eigenvalue weighted by Gasteiger charge is 2.20. The Hall–Kier alpha value is -3.04. The second-order valence-corrected chi connectivity index (χ2v) is 7.29. The smallest absolute Gasteiger partial charge is 0.120 e. The summed E-state index contributed by atoms with van der Waals surface area (Å²) in [5.41, 5.74) is 2.62. The van der Waals surface area contributed by atoms with E-state index in [2.05, 4.69) is 17.3 Å². The number of rotatable bonds is 6. The van der Waals surface area contributed by atoms with Crippen LogP contribution < -0.4 is 15.2 Å². The highest BCUT2D eigenvalue weighted by Crippen LogP contribution is 2.27. The van der Waals surface area contributed by atoms with Gasteiger partial charge in [0.2, 0.25) is 0 Å². The molecule has 1 unspecified atom stereocenters. The van der Waals surface area contributed by atoms with Gasteiger partial charge >= 0.3 is 0 Å². The van der Waals surface area contributed by atoms with E-state index in [0.29, 0.717) is 22.6 Å². The molecule has 1 fully saturated rings. The molecule has 28 heavy (non-hydrogen) atoms. The number of carbonyl (C=O) groups excluding carboxylic acids is 1. The van der Waals surface area contributed by atoms with Crippen LogP contribution in [-0.4, -0.2) is 37.1 Å². The molecule has 1 saturated heterocycles. The lowest BCUT2D eigenvalue weighted by Crippen LogP contribution is -2.36. The molecule has 1 atom stereocenters. The third-order valence-corrected chi connectivity index (χ3v) is 4.94. The standard InChI is InChI=1S/C22H25N3O3/c1-15-11-17(13-20(12-15)28-19-7-9-25(2)10-8-19)21(22(26)27)24-18-5-3-16(14-23)4-6-18/h3-6,11-13,19,21,24H,7-10H2,1-2H3,(H,26,27)/p-1. The number of aliphatic carboxylic acids is 1. The first-order chi connectivity index (χ1) is 13.4. The molecule has 0 radical (unpaired) electrons. The van der Waals surface area contributed by atoms with Crippen molar-refractivity contribution < 1.29 is 14.6 Å². The minimum absolute atomic E-state index is 0.138. The average molecular weight is 378 g/mol. The fourth-order valence-corrected chi connectivity index (χ4v) is 3.39. The predicted octanol–water partition coefficient (Wildman–Crippen LogP) is 2.24. The van der Waals surface area contributed by atoms with Crippen molar-refractivity contribution in [2.45, 2.75) is 31.9 Å². The number of hydrogen-bond acceptors (Lipinski definition) is 6. The Labute approximate surface area is 165 Å². The number of carboxylic acid groups (broad SMARTS) is 1. The van der Waals surface area contributed by atoms with Gasteiger partial charge in [0.1, 0.15) is 11.9 Å². The Morgan fingerprint density at radius 2 is 1.93 bits per heavy atom. The Kier molecular flexibility index (Phi) is 6.17. The number of carbonyl (C=O) groups is 1. The summed E-state index contributed by atoms with van der Waals surface area (Å²) in [6.45, 7) is 3.90. The molecular weight excluding hydrogens is 354 g/mol. The lowest BCUT2D eigenvalue weighted by Gasteiger charge is -2.30. The molecule has 0 saturated carbocycles. The van der Waals surface area contributed by atoms with Gasteiger partial charge in [0.25, 0.3) is 0 Å². The summed E-state index contributed by atoms with van der Waals surface area (Å²) in [7, 11) is 2.10. The number of benzene rings is 2. The van der Waals surface area contributed by atoms with Crippen LogP contribution in [0, 0.1) is 18.3 Å². The predicted molar refractivity (Wildman–Crippen MR) is 105 cm³/mol. The normalized spacial score (nSPS) is 16.2. The van der Waals surface area contributed by atoms with E-state index < -0.39 is 12.0 Å². The number of nitrogens with one attached hydrogen (secondary N) is 1. The van der Waals surface area contributed by atoms with Crippen LogP contribution in [0.25, 0.3) is 0 Å². The van der Waals surface area contributed by atoms with Gasteiger partial charge in [-0.3, -0.25) is 0 Å². The summed E-state index contributed by atoms with van der Waals surface area (Å²) in [5, 5.41) is 23.7. The molecule has 2 aromatic carbocycles. The van der Waals surface area contributed by atoms with Crippen LogP contribution in [0.4, 0.5) is 5.69 Å². The summed E-state index contributed by atoms with van der Waals surface area (Å²) < 4.78 is 6.13. The summed E-state index contributed by atoms with van der Waals surface area (Å²) >= 11 is 0. The average Bonchev–Trinajstić information content (AvgIpc) is 2.67. The zero-order valence-electron chi connectivity index (χ0n) is 16.1. The van der Waals surface area contributed by atoms with Crippen LogP contribution >= 0.6 is 0 Å². The summed E-state index contributed by atoms with van der Waals surface area (Å²) in [4.78, 5) is 14.1. The minimum atomic E-state index is -1.22. The summed E-state index contributed by atoms with van der Waals surface area (Å²) in [6, 6.07) is 13.2. The summed E-state index contributed by atoms with van der Waals surface area (Å²) in [5.74, 6) is -0.544. The number of likely N-dealkylation sites (tertiary alicyclic amines) is 1. The van der Waals surface area contributed by atoms with Crippen molar-refractivity contribution in [2.24, 2.45) is 0 Å². The van der Waals surface area contributed by atoms with Gasteiger partial charge in [-0.15, -0.1) is 0 Å². The lowest BCUT2D eigenvalue weighted by atomic mass is 10.0. The van der Waals surface area contributed by atoms with Crippen molar-refractivity contribution in [1.82, 2.24) is 4.90 Å². The number of anilines is 1. The van der Waals surface area contributed by atoms with Crippen LogP contribution in [-0.2, 0) is 4.79 Å². The van der Waals surface area contributed by atoms with E-state index in [-0.39, 0.29) is 6.10 Å². The van der Waals surface area contributed by atoms with Crippen LogP contribution in [0.15, 0.2) is 42.5 Å². The van der Waals surface area contributed by atoms with E-state index in [9.17, 15) is 9.90 Å². The zero-order valence-corrected chi connectivity index (χ0v) is 16.1. The van der Waals surface area contributed by atoms with Crippen LogP contribution in [0.1, 0.15) is 35.6 Å². The first-order valence-corrected chi connectivity index (χ1v) is 9.39. The first kappa shape index (κ1) is 19.7. The molecular formula is C22H24N3O3-. The minimum Gasteiger partial charge on any atom is -0.548 e. The first-order valence-electron chi connectivity index (χ1n) is 9.39. The van der Waals surface area contributed by atoms with Gasteiger partial charge in [0, 0.05) is 18.8 Å². The van der Waals surface area contributed by atoms with Gasteiger partial charge in [0.05, 0.1) is 23.6 Å². The number of carboxylic acids is 1. The molecule has 0 bridgehead atoms. The number of hydrogen-bond donors (Lipinski definition) is 1. The fraction of sp³-hybridized carbons (Fsp3) is 0.364. The van der Waals surface area contributed by atoms with Gasteiger partial charge in [-0.05, 0) is 74.3 Å². The van der Waals surface area contributed by atoms with E-state index in [4.69, 9.17) is 10.00 Å². The van der Waals surface area contributed by atoms with E-state index >= 15 is 0 Å². The highest BCUT2D eigenvalue weighted by atomic mass is 16.5. The summed E-state index contributed by atoms with van der Waals surface area (Å²) in [6.07, 6.45) is 2.04. The molecule has 6 nitrogen and oxygen atoms in total. The van der Waals surface area contributed by atoms with E-state index in [1.165, 1.54) is 0 Å². The molecule has 0 aromatic heterocycles. The molecule has 1 aliphatic heterocycles. The molecule has 146 valence electrons. The van der Waals surface area contributed by atoms with Crippen molar-refractivity contribution >= 4 is 11.7 Å². The largest absolute Gasteiger partial charge is 0.548 e. The number of piperidine rings is 1. The van der Waals surface area contributed by atoms with Gasteiger partial charge in [-0.25, -0.2) is 0 Å². The second-order valence-electron chi connectivity index (χ2n) is 7.29. The quantitative estimate of drug-likeness (QED) is 0.829. The van der Waals surface area contributed by atoms with Crippen LogP contribution in [0.5, 0.6) is 5.75 Å². The Morgan fingerprint density at radius 1 is 1.25 bits per heavy atom. The number of ether oxygens (including phenoxy) is 1. The van der Waals surface area contributed by atoms with E-state index in [1.54, 1.807) is 30.3 Å². The molecule has 1 N–H and O–H groups in total. The van der Waals surface area contributed by atoms with E-state index in [1.807, 2.05) is 25.1 Å². The van der Waals surface area contributed by atoms with Crippen LogP contribution in [0.2, 0.25) is 0 Å². The Balaban J connectivity index is 1.79. The van der Waals surface area contributed by atoms with Gasteiger partial charge in [-0.1, -0.05) is 6.07 Å². The molecule has 1 heterocycles. The Bertz CT molecular complexity index is 866. The maximum atomic E-state index is 11.8. The van der Waals surface area contributed by atoms with Gasteiger partial charge in [-0.2, -0.15) is 5.26 Å². The third kappa shape index (κ3) is 5.02. The maximum Gasteiger partial charge on any atom is 0.120 e. The third-order valence-electron chi connectivity index (χ3n) is 4.94. The van der Waals surface area contributed by atoms with Crippen molar-refractivity contribution in [3.05, 3.63) is 59.2 Å². The highest BCUT2D eigenvalue weighted by molar-refractivity contribution is 5.78. The monoisotopic (exact) mass is 378 g/mol. The van der Waals surface area contributed by atoms with Gasteiger partial charge < -0.3 is 24.9 Å². The second kappa shape index (κ2) is 8.77. The molecule has 0 spiro atoms. The number of nitrogens with zero attached hydrogens (tertiary/aromatic N) is 2. The van der Waals surface area contributed by atoms with Crippen molar-refractivity contribution in [1.29, 1.82) is 5.26 Å². The molecule has 1 aliphatic rings. The molecule has 2 aromatic rings. The van der Waals surface area contributed by atoms with Gasteiger partial charge in [0.15, 0.2) is 0 Å².